The first-order chi connectivity index (χ1) is 12.3. The Bertz CT molecular complexity index is 884. The number of halogens is 2. The van der Waals surface area contributed by atoms with Gasteiger partial charge in [0.1, 0.15) is 6.10 Å². The lowest BCUT2D eigenvalue weighted by Gasteiger charge is -2.25. The number of nitrogens with zero attached hydrogens (tertiary/aromatic N) is 2. The van der Waals surface area contributed by atoms with Crippen LogP contribution < -0.4 is 4.90 Å². The summed E-state index contributed by atoms with van der Waals surface area (Å²) in [4.78, 5) is 18.5. The normalized spacial score (nSPS) is 31.5. The van der Waals surface area contributed by atoms with E-state index in [-0.39, 0.29) is 28.7 Å². The SMILES string of the molecule is O=C(N=C1S[C@@H]2CS(=O)(=O)C[C@H]2N1c1ccc(Cl)cc1Cl)[C@H]1CCCO1. The van der Waals surface area contributed by atoms with Crippen LogP contribution in [-0.2, 0) is 19.4 Å². The van der Waals surface area contributed by atoms with Gasteiger partial charge in [-0.25, -0.2) is 8.42 Å². The van der Waals surface area contributed by atoms with Gasteiger partial charge in [-0.3, -0.25) is 4.79 Å². The van der Waals surface area contributed by atoms with Crippen molar-refractivity contribution >= 4 is 61.6 Å². The predicted octanol–water partition coefficient (Wildman–Crippen LogP) is 2.77. The second kappa shape index (κ2) is 6.98. The van der Waals surface area contributed by atoms with E-state index in [9.17, 15) is 13.2 Å². The molecule has 3 saturated heterocycles. The number of fused-ring (bicyclic) bond motifs is 1. The van der Waals surface area contributed by atoms with E-state index in [0.29, 0.717) is 33.9 Å². The Labute approximate surface area is 165 Å². The van der Waals surface area contributed by atoms with Crippen LogP contribution in [0.2, 0.25) is 10.0 Å². The maximum Gasteiger partial charge on any atom is 0.277 e. The van der Waals surface area contributed by atoms with Gasteiger partial charge in [0.15, 0.2) is 15.0 Å². The predicted molar refractivity (Wildman–Crippen MR) is 104 cm³/mol. The van der Waals surface area contributed by atoms with Crippen LogP contribution in [0, 0.1) is 0 Å². The van der Waals surface area contributed by atoms with Crippen molar-refractivity contribution in [3.63, 3.8) is 0 Å². The zero-order valence-corrected chi connectivity index (χ0v) is 16.7. The highest BCUT2D eigenvalue weighted by Crippen LogP contribution is 2.43. The number of hydrogen-bond donors (Lipinski definition) is 0. The number of ether oxygens (including phenoxy) is 1. The number of amidine groups is 1. The van der Waals surface area contributed by atoms with Crippen molar-refractivity contribution in [2.45, 2.75) is 30.2 Å². The van der Waals surface area contributed by atoms with Crippen LogP contribution in [0.3, 0.4) is 0 Å². The molecule has 3 aliphatic rings. The Morgan fingerprint density at radius 3 is 2.81 bits per heavy atom. The fourth-order valence-electron chi connectivity index (χ4n) is 3.46. The minimum absolute atomic E-state index is 0.0107. The molecule has 26 heavy (non-hydrogen) atoms. The van der Waals surface area contributed by atoms with Crippen LogP contribution >= 0.6 is 35.0 Å². The summed E-state index contributed by atoms with van der Waals surface area (Å²) < 4.78 is 29.6. The Kier molecular flexibility index (Phi) is 4.98. The zero-order chi connectivity index (χ0) is 18.5. The first-order valence-electron chi connectivity index (χ1n) is 8.19. The molecule has 0 aliphatic carbocycles. The third-order valence-corrected chi connectivity index (χ3v) is 8.39. The molecule has 3 heterocycles. The fraction of sp³-hybridized carbons (Fsp3) is 0.500. The van der Waals surface area contributed by atoms with Gasteiger partial charge in [0.2, 0.25) is 0 Å². The fourth-order valence-corrected chi connectivity index (χ4v) is 7.87. The van der Waals surface area contributed by atoms with Gasteiger partial charge < -0.3 is 9.64 Å². The molecule has 1 aromatic carbocycles. The summed E-state index contributed by atoms with van der Waals surface area (Å²) in [7, 11) is -3.13. The van der Waals surface area contributed by atoms with Crippen molar-refractivity contribution < 1.29 is 17.9 Å². The molecule has 4 rings (SSSR count). The van der Waals surface area contributed by atoms with E-state index in [0.717, 1.165) is 6.42 Å². The van der Waals surface area contributed by atoms with E-state index in [1.165, 1.54) is 11.8 Å². The molecule has 3 aliphatic heterocycles. The number of carbonyl (C=O) groups excluding carboxylic acids is 1. The summed E-state index contributed by atoms with van der Waals surface area (Å²) in [5.74, 6) is -0.253. The van der Waals surface area contributed by atoms with Gasteiger partial charge in [-0.2, -0.15) is 4.99 Å². The van der Waals surface area contributed by atoms with Gasteiger partial charge >= 0.3 is 0 Å². The standard InChI is InChI=1S/C16H16Cl2N2O4S2/c17-9-3-4-11(10(18)6-9)20-12-7-26(22,23)8-14(12)25-16(20)19-15(21)13-2-1-5-24-13/h3-4,6,12-14H,1-2,5,7-8H2/t12-,13-,14-/m1/s1. The number of hydrogen-bond acceptors (Lipinski definition) is 5. The van der Waals surface area contributed by atoms with Crippen molar-refractivity contribution in [2.75, 3.05) is 23.0 Å². The molecule has 140 valence electrons. The second-order valence-corrected chi connectivity index (χ2v) is 10.7. The number of anilines is 1. The van der Waals surface area contributed by atoms with Gasteiger partial charge in [0, 0.05) is 16.9 Å². The minimum Gasteiger partial charge on any atom is -0.368 e. The van der Waals surface area contributed by atoms with Gasteiger partial charge in [0.25, 0.3) is 5.91 Å². The maximum atomic E-state index is 12.4. The smallest absolute Gasteiger partial charge is 0.277 e. The van der Waals surface area contributed by atoms with Crippen molar-refractivity contribution in [1.82, 2.24) is 0 Å². The highest BCUT2D eigenvalue weighted by Gasteiger charge is 2.50. The minimum atomic E-state index is -3.13. The van der Waals surface area contributed by atoms with E-state index < -0.39 is 15.9 Å². The molecule has 6 nitrogen and oxygen atoms in total. The highest BCUT2D eigenvalue weighted by atomic mass is 35.5. The van der Waals surface area contributed by atoms with Crippen molar-refractivity contribution in [2.24, 2.45) is 4.99 Å². The quantitative estimate of drug-likeness (QED) is 0.711. The number of aliphatic imine (C=N–C) groups is 1. The lowest BCUT2D eigenvalue weighted by molar-refractivity contribution is -0.126. The molecular weight excluding hydrogens is 419 g/mol. The Morgan fingerprint density at radius 2 is 2.12 bits per heavy atom. The topological polar surface area (TPSA) is 76.0 Å². The summed E-state index contributed by atoms with van der Waals surface area (Å²) in [6.45, 7) is 0.560. The molecule has 1 amide bonds. The second-order valence-electron chi connectivity index (χ2n) is 6.50. The number of rotatable bonds is 2. The molecule has 0 spiro atoms. The number of carbonyl (C=O) groups is 1. The van der Waals surface area contributed by atoms with Crippen LogP contribution in [0.1, 0.15) is 12.8 Å². The van der Waals surface area contributed by atoms with Crippen molar-refractivity contribution in [3.8, 4) is 0 Å². The summed E-state index contributed by atoms with van der Waals surface area (Å²) in [5, 5.41) is 1.16. The molecule has 0 radical (unpaired) electrons. The molecule has 0 saturated carbocycles. The number of thioether (sulfide) groups is 1. The highest BCUT2D eigenvalue weighted by molar-refractivity contribution is 8.16. The molecular formula is C16H16Cl2N2O4S2. The largest absolute Gasteiger partial charge is 0.368 e. The van der Waals surface area contributed by atoms with Crippen LogP contribution in [-0.4, -0.2) is 55.0 Å². The Hall–Kier alpha value is -0.800. The monoisotopic (exact) mass is 434 g/mol. The average molecular weight is 435 g/mol. The maximum absolute atomic E-state index is 12.4. The summed E-state index contributed by atoms with van der Waals surface area (Å²) >= 11 is 13.6. The molecule has 3 atom stereocenters. The van der Waals surface area contributed by atoms with Crippen molar-refractivity contribution in [1.29, 1.82) is 0 Å². The molecule has 0 bridgehead atoms. The number of benzene rings is 1. The van der Waals surface area contributed by atoms with E-state index in [4.69, 9.17) is 27.9 Å². The van der Waals surface area contributed by atoms with Crippen LogP contribution in [0.4, 0.5) is 5.69 Å². The van der Waals surface area contributed by atoms with Crippen molar-refractivity contribution in [3.05, 3.63) is 28.2 Å². The van der Waals surface area contributed by atoms with Gasteiger partial charge in [0.05, 0.1) is 28.3 Å². The third kappa shape index (κ3) is 3.49. The van der Waals surface area contributed by atoms with Crippen LogP contribution in [0.25, 0.3) is 0 Å². The van der Waals surface area contributed by atoms with E-state index in [1.54, 1.807) is 23.1 Å². The van der Waals surface area contributed by atoms with Gasteiger partial charge in [-0.1, -0.05) is 35.0 Å². The van der Waals surface area contributed by atoms with E-state index in [1.807, 2.05) is 0 Å². The lowest BCUT2D eigenvalue weighted by Crippen LogP contribution is -2.38. The van der Waals surface area contributed by atoms with Gasteiger partial charge in [-0.05, 0) is 31.0 Å². The third-order valence-electron chi connectivity index (χ3n) is 4.65. The molecule has 3 fully saturated rings. The van der Waals surface area contributed by atoms with E-state index >= 15 is 0 Å². The number of sulfone groups is 1. The zero-order valence-electron chi connectivity index (χ0n) is 13.6. The first kappa shape index (κ1) is 18.6. The molecule has 10 heteroatoms. The first-order valence-corrected chi connectivity index (χ1v) is 11.7. The molecule has 0 unspecified atom stereocenters. The van der Waals surface area contributed by atoms with E-state index in [2.05, 4.69) is 4.99 Å². The summed E-state index contributed by atoms with van der Waals surface area (Å²) in [6.07, 6.45) is 0.975. The Balaban J connectivity index is 1.72. The lowest BCUT2D eigenvalue weighted by atomic mass is 10.2. The van der Waals surface area contributed by atoms with Gasteiger partial charge in [-0.15, -0.1) is 0 Å². The van der Waals surface area contributed by atoms with Crippen LogP contribution in [0.5, 0.6) is 0 Å². The summed E-state index contributed by atoms with van der Waals surface area (Å²) in [5.41, 5.74) is 0.604. The Morgan fingerprint density at radius 1 is 1.31 bits per heavy atom. The summed E-state index contributed by atoms with van der Waals surface area (Å²) in [6, 6.07) is 4.70. The molecule has 0 N–H and O–H groups in total. The van der Waals surface area contributed by atoms with Crippen LogP contribution in [0.15, 0.2) is 23.2 Å². The number of amides is 1. The molecule has 0 aromatic heterocycles. The average Bonchev–Trinajstić information content (AvgIpc) is 3.23. The molecule has 1 aromatic rings.